The van der Waals surface area contributed by atoms with Gasteiger partial charge in [-0.2, -0.15) is 0 Å². The molecule has 0 aliphatic heterocycles. The minimum Gasteiger partial charge on any atom is -0.354 e. The Labute approximate surface area is 151 Å². The van der Waals surface area contributed by atoms with E-state index in [9.17, 15) is 9.59 Å². The van der Waals surface area contributed by atoms with Crippen LogP contribution in [0.5, 0.6) is 0 Å². The Bertz CT molecular complexity index is 517. The molecule has 136 valence electrons. The number of carbonyl (C=O) groups excluding carboxylic acids is 2. The lowest BCUT2D eigenvalue weighted by molar-refractivity contribution is -0.125. The Morgan fingerprint density at radius 3 is 2.08 bits per heavy atom. The van der Waals surface area contributed by atoms with Crippen LogP contribution in [0.25, 0.3) is 0 Å². The predicted octanol–water partition coefficient (Wildman–Crippen LogP) is 2.88. The minimum absolute atomic E-state index is 0. The van der Waals surface area contributed by atoms with E-state index in [0.29, 0.717) is 25.8 Å². The number of benzene rings is 1. The molecular formula is C18H30ClN3O2. The summed E-state index contributed by atoms with van der Waals surface area (Å²) < 4.78 is 0. The van der Waals surface area contributed by atoms with Crippen molar-refractivity contribution in [2.24, 2.45) is 11.1 Å². The maximum absolute atomic E-state index is 12.5. The summed E-state index contributed by atoms with van der Waals surface area (Å²) >= 11 is 0. The lowest BCUT2D eigenvalue weighted by atomic mass is 9.81. The Morgan fingerprint density at radius 1 is 1.12 bits per heavy atom. The summed E-state index contributed by atoms with van der Waals surface area (Å²) in [6.45, 7) is 8.15. The van der Waals surface area contributed by atoms with E-state index < -0.39 is 5.41 Å². The van der Waals surface area contributed by atoms with Crippen LogP contribution in [0.2, 0.25) is 0 Å². The van der Waals surface area contributed by atoms with Crippen molar-refractivity contribution in [3.8, 4) is 0 Å². The molecule has 0 aromatic heterocycles. The first-order valence-electron chi connectivity index (χ1n) is 8.26. The molecule has 1 aromatic carbocycles. The molecule has 5 nitrogen and oxygen atoms in total. The number of nitrogens with two attached hydrogens (primary N) is 1. The summed E-state index contributed by atoms with van der Waals surface area (Å²) in [5, 5.41) is 5.79. The Morgan fingerprint density at radius 2 is 1.67 bits per heavy atom. The molecule has 6 heteroatoms. The van der Waals surface area contributed by atoms with Gasteiger partial charge in [0.2, 0.25) is 11.8 Å². The van der Waals surface area contributed by atoms with Gasteiger partial charge < -0.3 is 16.4 Å². The van der Waals surface area contributed by atoms with Gasteiger partial charge in [0.05, 0.1) is 11.8 Å². The van der Waals surface area contributed by atoms with E-state index in [4.69, 9.17) is 5.73 Å². The summed E-state index contributed by atoms with van der Waals surface area (Å²) in [6.07, 6.45) is 1.75. The molecule has 0 heterocycles. The van der Waals surface area contributed by atoms with Crippen LogP contribution >= 0.6 is 12.4 Å². The highest BCUT2D eigenvalue weighted by molar-refractivity contribution is 5.95. The average Bonchev–Trinajstić information content (AvgIpc) is 2.51. The van der Waals surface area contributed by atoms with E-state index in [1.165, 1.54) is 0 Å². The number of anilines is 1. The third kappa shape index (κ3) is 6.13. The van der Waals surface area contributed by atoms with Crippen LogP contribution in [0.15, 0.2) is 24.3 Å². The number of hydrogen-bond acceptors (Lipinski definition) is 3. The van der Waals surface area contributed by atoms with Crippen molar-refractivity contribution in [3.05, 3.63) is 29.8 Å². The molecule has 1 aromatic rings. The molecule has 0 atom stereocenters. The van der Waals surface area contributed by atoms with Crippen LogP contribution in [0, 0.1) is 5.41 Å². The third-order valence-electron chi connectivity index (χ3n) is 4.25. The fourth-order valence-corrected chi connectivity index (χ4v) is 2.48. The largest absolute Gasteiger partial charge is 0.354 e. The van der Waals surface area contributed by atoms with Gasteiger partial charge in [-0.25, -0.2) is 0 Å². The fraction of sp³-hybridized carbons (Fsp3) is 0.556. The second-order valence-electron chi connectivity index (χ2n) is 6.24. The summed E-state index contributed by atoms with van der Waals surface area (Å²) in [5.41, 5.74) is 6.92. The summed E-state index contributed by atoms with van der Waals surface area (Å²) in [6, 6.07) is 7.49. The normalized spacial score (nSPS) is 10.9. The number of nitrogens with one attached hydrogen (secondary N) is 2. The number of rotatable bonds is 8. The lowest BCUT2D eigenvalue weighted by Gasteiger charge is -2.28. The van der Waals surface area contributed by atoms with Gasteiger partial charge in [0, 0.05) is 18.3 Å². The maximum Gasteiger partial charge on any atom is 0.231 e. The third-order valence-corrected chi connectivity index (χ3v) is 4.25. The zero-order valence-electron chi connectivity index (χ0n) is 15.0. The highest BCUT2D eigenvalue weighted by atomic mass is 35.5. The van der Waals surface area contributed by atoms with Crippen molar-refractivity contribution >= 4 is 29.9 Å². The molecule has 0 saturated carbocycles. The summed E-state index contributed by atoms with van der Waals surface area (Å²) in [7, 11) is 0. The van der Waals surface area contributed by atoms with Crippen molar-refractivity contribution in [1.29, 1.82) is 0 Å². The molecular weight excluding hydrogens is 326 g/mol. The summed E-state index contributed by atoms with van der Waals surface area (Å²) in [4.78, 5) is 24.2. The topological polar surface area (TPSA) is 84.2 Å². The molecule has 0 radical (unpaired) electrons. The smallest absolute Gasteiger partial charge is 0.231 e. The SMILES string of the molecule is CCC(CC)(CN)C(=O)Nc1ccc(CC(=O)NC(C)C)cc1.Cl. The van der Waals surface area contributed by atoms with Crippen LogP contribution in [0.4, 0.5) is 5.69 Å². The standard InChI is InChI=1S/C18H29N3O2.ClH/c1-5-18(6-2,12-19)17(23)21-15-9-7-14(8-10-15)11-16(22)20-13(3)4;/h7-10,13H,5-6,11-12,19H2,1-4H3,(H,20,22)(H,21,23);1H. The van der Waals surface area contributed by atoms with Gasteiger partial charge in [-0.3, -0.25) is 9.59 Å². The zero-order chi connectivity index (χ0) is 17.5. The van der Waals surface area contributed by atoms with Gasteiger partial charge in [-0.05, 0) is 44.4 Å². The van der Waals surface area contributed by atoms with Crippen LogP contribution in [-0.2, 0) is 16.0 Å². The maximum atomic E-state index is 12.5. The van der Waals surface area contributed by atoms with E-state index in [-0.39, 0.29) is 30.3 Å². The molecule has 0 bridgehead atoms. The average molecular weight is 356 g/mol. The summed E-state index contributed by atoms with van der Waals surface area (Å²) in [5.74, 6) is -0.0498. The van der Waals surface area contributed by atoms with E-state index in [2.05, 4.69) is 10.6 Å². The molecule has 0 aliphatic rings. The highest BCUT2D eigenvalue weighted by Crippen LogP contribution is 2.27. The molecule has 4 N–H and O–H groups in total. The molecule has 2 amide bonds. The number of carbonyl (C=O) groups is 2. The van der Waals surface area contributed by atoms with Gasteiger partial charge in [0.25, 0.3) is 0 Å². The van der Waals surface area contributed by atoms with Gasteiger partial charge >= 0.3 is 0 Å². The van der Waals surface area contributed by atoms with E-state index in [1.54, 1.807) is 0 Å². The van der Waals surface area contributed by atoms with Crippen molar-refractivity contribution < 1.29 is 9.59 Å². The lowest BCUT2D eigenvalue weighted by Crippen LogP contribution is -2.41. The Balaban J connectivity index is 0.00000529. The molecule has 0 saturated heterocycles. The monoisotopic (exact) mass is 355 g/mol. The second-order valence-corrected chi connectivity index (χ2v) is 6.24. The Kier molecular flexibility index (Phi) is 9.63. The number of amides is 2. The first-order valence-corrected chi connectivity index (χ1v) is 8.26. The minimum atomic E-state index is -0.518. The highest BCUT2D eigenvalue weighted by Gasteiger charge is 2.33. The first kappa shape index (κ1) is 22.4. The fourth-order valence-electron chi connectivity index (χ4n) is 2.48. The number of halogens is 1. The first-order chi connectivity index (χ1) is 10.9. The van der Waals surface area contributed by atoms with Gasteiger partial charge in [0.15, 0.2) is 0 Å². The van der Waals surface area contributed by atoms with E-state index in [0.717, 1.165) is 11.3 Å². The van der Waals surface area contributed by atoms with Crippen LogP contribution < -0.4 is 16.4 Å². The van der Waals surface area contributed by atoms with Crippen LogP contribution in [-0.4, -0.2) is 24.4 Å². The van der Waals surface area contributed by atoms with Crippen LogP contribution in [0.1, 0.15) is 46.1 Å². The van der Waals surface area contributed by atoms with Gasteiger partial charge in [0.1, 0.15) is 0 Å². The quantitative estimate of drug-likeness (QED) is 0.670. The van der Waals surface area contributed by atoms with Crippen molar-refractivity contribution in [2.45, 2.75) is 53.0 Å². The van der Waals surface area contributed by atoms with Crippen molar-refractivity contribution in [1.82, 2.24) is 5.32 Å². The van der Waals surface area contributed by atoms with Crippen molar-refractivity contribution in [3.63, 3.8) is 0 Å². The van der Waals surface area contributed by atoms with Crippen LogP contribution in [0.3, 0.4) is 0 Å². The van der Waals surface area contributed by atoms with Gasteiger partial charge in [-0.1, -0.05) is 26.0 Å². The second kappa shape index (κ2) is 10.3. The predicted molar refractivity (Wildman–Crippen MR) is 101 cm³/mol. The molecule has 0 fully saturated rings. The van der Waals surface area contributed by atoms with E-state index in [1.807, 2.05) is 52.0 Å². The molecule has 0 unspecified atom stereocenters. The molecule has 0 aliphatic carbocycles. The molecule has 1 rings (SSSR count). The zero-order valence-corrected chi connectivity index (χ0v) is 15.8. The van der Waals surface area contributed by atoms with E-state index >= 15 is 0 Å². The molecule has 0 spiro atoms. The molecule has 24 heavy (non-hydrogen) atoms. The Hall–Kier alpha value is -1.59. The van der Waals surface area contributed by atoms with Crippen molar-refractivity contribution in [2.75, 3.05) is 11.9 Å². The van der Waals surface area contributed by atoms with Gasteiger partial charge in [-0.15, -0.1) is 12.4 Å². The number of hydrogen-bond donors (Lipinski definition) is 3.